The molecule has 1 atom stereocenters. The van der Waals surface area contributed by atoms with Gasteiger partial charge in [-0.25, -0.2) is 13.4 Å². The maximum Gasteiger partial charge on any atom is 0.264 e. The highest BCUT2D eigenvalue weighted by atomic mass is 35.5. The zero-order valence-corrected chi connectivity index (χ0v) is 17.7. The van der Waals surface area contributed by atoms with Crippen LogP contribution in [0.4, 0.5) is 0 Å². The number of hydrogen-bond donors (Lipinski definition) is 0. The number of halogens is 1. The number of sulfonamides is 1. The van der Waals surface area contributed by atoms with Gasteiger partial charge in [0.15, 0.2) is 0 Å². The van der Waals surface area contributed by atoms with Crippen LogP contribution < -0.4 is 0 Å². The molecule has 1 aliphatic heterocycles. The standard InChI is InChI=1S/C21H24ClN3O2S/c1-5-10-24-13-17(4)25(14-16(24)3)28(26,27)20-11-18(7-6-15(20)2)19-8-9-23-21(22)12-19/h5-9,11-12,16H,1,4,10,13-14H2,2-3H3/t16-/m1/s1. The van der Waals surface area contributed by atoms with Crippen LogP contribution in [0.2, 0.25) is 5.15 Å². The topological polar surface area (TPSA) is 53.5 Å². The van der Waals surface area contributed by atoms with Gasteiger partial charge in [0, 0.05) is 37.6 Å². The van der Waals surface area contributed by atoms with Gasteiger partial charge >= 0.3 is 0 Å². The Hall–Kier alpha value is -2.15. The van der Waals surface area contributed by atoms with E-state index in [-0.39, 0.29) is 10.9 Å². The third-order valence-corrected chi connectivity index (χ3v) is 7.16. The van der Waals surface area contributed by atoms with E-state index in [4.69, 9.17) is 11.6 Å². The number of piperazine rings is 1. The summed E-state index contributed by atoms with van der Waals surface area (Å²) in [5.41, 5.74) is 2.85. The Kier molecular flexibility index (Phi) is 5.93. The van der Waals surface area contributed by atoms with Crippen LogP contribution in [0.5, 0.6) is 0 Å². The lowest BCUT2D eigenvalue weighted by molar-refractivity contribution is 0.176. The molecule has 0 aliphatic carbocycles. The maximum absolute atomic E-state index is 13.5. The van der Waals surface area contributed by atoms with Gasteiger partial charge in [-0.05, 0) is 48.7 Å². The molecular formula is C21H24ClN3O2S. The van der Waals surface area contributed by atoms with Crippen LogP contribution in [0.3, 0.4) is 0 Å². The number of rotatable bonds is 5. The van der Waals surface area contributed by atoms with E-state index >= 15 is 0 Å². The van der Waals surface area contributed by atoms with Crippen LogP contribution in [-0.4, -0.2) is 48.3 Å². The van der Waals surface area contributed by atoms with Gasteiger partial charge in [-0.3, -0.25) is 9.21 Å². The summed E-state index contributed by atoms with van der Waals surface area (Å²) in [6, 6.07) is 9.00. The van der Waals surface area contributed by atoms with E-state index < -0.39 is 10.0 Å². The van der Waals surface area contributed by atoms with Crippen LogP contribution in [0.25, 0.3) is 11.1 Å². The SMILES string of the molecule is C=CCN1CC(=C)N(S(=O)(=O)c2cc(-c3ccnc(Cl)c3)ccc2C)C[C@H]1C. The fourth-order valence-electron chi connectivity index (χ4n) is 3.39. The quantitative estimate of drug-likeness (QED) is 0.542. The first-order valence-corrected chi connectivity index (χ1v) is 10.8. The highest BCUT2D eigenvalue weighted by Crippen LogP contribution is 2.31. The summed E-state index contributed by atoms with van der Waals surface area (Å²) >= 11 is 5.99. The molecule has 0 spiro atoms. The number of aromatic nitrogens is 1. The fourth-order valence-corrected chi connectivity index (χ4v) is 5.36. The molecule has 0 N–H and O–H groups in total. The molecule has 0 radical (unpaired) electrons. The Bertz CT molecular complexity index is 1020. The summed E-state index contributed by atoms with van der Waals surface area (Å²) in [6.45, 7) is 13.2. The van der Waals surface area contributed by atoms with Crippen molar-refractivity contribution in [2.75, 3.05) is 19.6 Å². The number of hydrogen-bond acceptors (Lipinski definition) is 4. The van der Waals surface area contributed by atoms with Gasteiger partial charge in [-0.1, -0.05) is 36.4 Å². The van der Waals surface area contributed by atoms with Crippen LogP contribution in [-0.2, 0) is 10.0 Å². The number of pyridine rings is 1. The summed E-state index contributed by atoms with van der Waals surface area (Å²) in [7, 11) is -3.72. The molecule has 1 fully saturated rings. The van der Waals surface area contributed by atoms with E-state index in [1.54, 1.807) is 25.3 Å². The smallest absolute Gasteiger partial charge is 0.264 e. The summed E-state index contributed by atoms with van der Waals surface area (Å²) < 4.78 is 28.4. The zero-order valence-electron chi connectivity index (χ0n) is 16.1. The number of aryl methyl sites for hydroxylation is 1. The highest BCUT2D eigenvalue weighted by molar-refractivity contribution is 7.89. The molecule has 0 saturated carbocycles. The molecule has 2 heterocycles. The van der Waals surface area contributed by atoms with Crippen LogP contribution in [0.15, 0.2) is 66.4 Å². The van der Waals surface area contributed by atoms with Crippen molar-refractivity contribution in [3.63, 3.8) is 0 Å². The molecular weight excluding hydrogens is 394 g/mol. The normalized spacial score (nSPS) is 18.3. The van der Waals surface area contributed by atoms with Gasteiger partial charge in [-0.2, -0.15) is 0 Å². The Morgan fingerprint density at radius 3 is 2.68 bits per heavy atom. The van der Waals surface area contributed by atoms with Gasteiger partial charge in [0.05, 0.1) is 4.90 Å². The molecule has 0 unspecified atom stereocenters. The third kappa shape index (κ3) is 3.99. The molecule has 28 heavy (non-hydrogen) atoms. The van der Waals surface area contributed by atoms with Crippen molar-refractivity contribution in [1.82, 2.24) is 14.2 Å². The second kappa shape index (κ2) is 8.07. The van der Waals surface area contributed by atoms with Crippen molar-refractivity contribution < 1.29 is 8.42 Å². The molecule has 1 aliphatic rings. The largest absolute Gasteiger partial charge is 0.289 e. The van der Waals surface area contributed by atoms with Crippen molar-refractivity contribution >= 4 is 21.6 Å². The Morgan fingerprint density at radius 2 is 2.00 bits per heavy atom. The molecule has 0 bridgehead atoms. The molecule has 1 aromatic heterocycles. The first kappa shape index (κ1) is 20.6. The molecule has 1 saturated heterocycles. The maximum atomic E-state index is 13.5. The molecule has 0 amide bonds. The summed E-state index contributed by atoms with van der Waals surface area (Å²) in [4.78, 5) is 6.42. The van der Waals surface area contributed by atoms with E-state index in [1.165, 1.54) is 4.31 Å². The molecule has 2 aromatic rings. The average Bonchev–Trinajstić information content (AvgIpc) is 2.64. The predicted octanol–water partition coefficient (Wildman–Crippen LogP) is 4.10. The van der Waals surface area contributed by atoms with Crippen molar-refractivity contribution in [3.8, 4) is 11.1 Å². The van der Waals surface area contributed by atoms with E-state index in [0.717, 1.165) is 11.1 Å². The van der Waals surface area contributed by atoms with E-state index in [0.29, 0.717) is 36.0 Å². The number of benzene rings is 1. The summed E-state index contributed by atoms with van der Waals surface area (Å²) in [5, 5.41) is 0.364. The summed E-state index contributed by atoms with van der Waals surface area (Å²) in [5.74, 6) is 0. The number of nitrogens with zero attached hydrogens (tertiary/aromatic N) is 3. The van der Waals surface area contributed by atoms with Crippen LogP contribution in [0, 0.1) is 6.92 Å². The van der Waals surface area contributed by atoms with Gasteiger partial charge in [0.1, 0.15) is 5.15 Å². The molecule has 3 rings (SSSR count). The second-order valence-electron chi connectivity index (χ2n) is 7.02. The van der Waals surface area contributed by atoms with Crippen LogP contribution in [0.1, 0.15) is 12.5 Å². The molecule has 148 valence electrons. The van der Waals surface area contributed by atoms with E-state index in [9.17, 15) is 8.42 Å². The van der Waals surface area contributed by atoms with Crippen molar-refractivity contribution in [3.05, 3.63) is 72.2 Å². The van der Waals surface area contributed by atoms with Crippen molar-refractivity contribution in [1.29, 1.82) is 0 Å². The highest BCUT2D eigenvalue weighted by Gasteiger charge is 2.34. The second-order valence-corrected chi connectivity index (χ2v) is 9.24. The lowest BCUT2D eigenvalue weighted by Gasteiger charge is -2.41. The van der Waals surface area contributed by atoms with Gasteiger partial charge in [0.25, 0.3) is 10.0 Å². The average molecular weight is 418 g/mol. The molecule has 1 aromatic carbocycles. The Morgan fingerprint density at radius 1 is 1.29 bits per heavy atom. The first-order chi connectivity index (χ1) is 13.2. The minimum absolute atomic E-state index is 0.0702. The predicted molar refractivity (Wildman–Crippen MR) is 114 cm³/mol. The van der Waals surface area contributed by atoms with Gasteiger partial charge in [-0.15, -0.1) is 6.58 Å². The Labute approximate surface area is 172 Å². The van der Waals surface area contributed by atoms with Gasteiger partial charge in [0.2, 0.25) is 0 Å². The Balaban J connectivity index is 1.99. The lowest BCUT2D eigenvalue weighted by Crippen LogP contribution is -2.51. The molecule has 7 heteroatoms. The van der Waals surface area contributed by atoms with Crippen molar-refractivity contribution in [2.24, 2.45) is 0 Å². The molecule has 5 nitrogen and oxygen atoms in total. The first-order valence-electron chi connectivity index (χ1n) is 9.02. The summed E-state index contributed by atoms with van der Waals surface area (Å²) in [6.07, 6.45) is 3.43. The van der Waals surface area contributed by atoms with Gasteiger partial charge < -0.3 is 0 Å². The van der Waals surface area contributed by atoms with E-state index in [1.807, 2.05) is 31.2 Å². The third-order valence-electron chi connectivity index (χ3n) is 4.97. The fraction of sp³-hybridized carbons (Fsp3) is 0.286. The minimum atomic E-state index is -3.72. The van der Waals surface area contributed by atoms with E-state index in [2.05, 4.69) is 23.0 Å². The monoisotopic (exact) mass is 417 g/mol. The minimum Gasteiger partial charge on any atom is -0.289 e. The van der Waals surface area contributed by atoms with Crippen molar-refractivity contribution in [2.45, 2.75) is 24.8 Å². The lowest BCUT2D eigenvalue weighted by atomic mass is 10.1. The van der Waals surface area contributed by atoms with Crippen LogP contribution >= 0.6 is 11.6 Å². The zero-order chi connectivity index (χ0) is 20.5.